The molecule has 0 amide bonds. The fraction of sp³-hybridized carbons (Fsp3) is 0.385. The molecule has 1 aliphatic rings. The predicted molar refractivity (Wildman–Crippen MR) is 123 cm³/mol. The molecule has 33 heavy (non-hydrogen) atoms. The lowest BCUT2D eigenvalue weighted by Crippen LogP contribution is -2.52. The van der Waals surface area contributed by atoms with Crippen molar-refractivity contribution < 1.29 is 19.0 Å². The molecule has 0 saturated carbocycles. The van der Waals surface area contributed by atoms with Crippen molar-refractivity contribution in [3.8, 4) is 28.9 Å². The number of imidazole rings is 1. The van der Waals surface area contributed by atoms with E-state index in [4.69, 9.17) is 14.5 Å². The second-order valence-electron chi connectivity index (χ2n) is 9.80. The van der Waals surface area contributed by atoms with Gasteiger partial charge >= 0.3 is 0 Å². The van der Waals surface area contributed by atoms with Crippen molar-refractivity contribution in [1.29, 1.82) is 5.26 Å². The molecule has 172 valence electrons. The molecule has 0 atom stereocenters. The molecular formula is C26H28FN3O3. The molecule has 0 bridgehead atoms. The van der Waals surface area contributed by atoms with E-state index < -0.39 is 22.6 Å². The molecule has 0 aliphatic carbocycles. The maximum Gasteiger partial charge on any atom is 0.148 e. The summed E-state index contributed by atoms with van der Waals surface area (Å²) in [5.41, 5.74) is -0.684. The number of halogens is 1. The molecule has 2 aromatic carbocycles. The van der Waals surface area contributed by atoms with E-state index >= 15 is 0 Å². The smallest absolute Gasteiger partial charge is 0.148 e. The second kappa shape index (κ2) is 7.98. The van der Waals surface area contributed by atoms with Crippen LogP contribution in [-0.4, -0.2) is 33.0 Å². The Kier molecular flexibility index (Phi) is 5.55. The molecule has 3 aromatic rings. The van der Waals surface area contributed by atoms with E-state index in [-0.39, 0.29) is 5.56 Å². The van der Waals surface area contributed by atoms with Gasteiger partial charge in [-0.1, -0.05) is 12.1 Å². The number of para-hydroxylation sites is 1. The highest BCUT2D eigenvalue weighted by Gasteiger charge is 2.49. The number of aromatic nitrogens is 2. The summed E-state index contributed by atoms with van der Waals surface area (Å²) in [5.74, 6) is 0.540. The monoisotopic (exact) mass is 449 g/mol. The van der Waals surface area contributed by atoms with E-state index in [0.717, 1.165) is 0 Å². The van der Waals surface area contributed by atoms with E-state index in [1.54, 1.807) is 23.9 Å². The summed E-state index contributed by atoms with van der Waals surface area (Å²) < 4.78 is 27.5. The summed E-state index contributed by atoms with van der Waals surface area (Å²) in [5, 5.41) is 21.2. The number of benzene rings is 2. The summed E-state index contributed by atoms with van der Waals surface area (Å²) >= 11 is 0. The first kappa shape index (κ1) is 23.0. The van der Waals surface area contributed by atoms with Crippen molar-refractivity contribution >= 4 is 0 Å². The average molecular weight is 450 g/mol. The second-order valence-corrected chi connectivity index (χ2v) is 9.80. The van der Waals surface area contributed by atoms with Crippen LogP contribution < -0.4 is 4.74 Å². The Morgan fingerprint density at radius 1 is 1.12 bits per heavy atom. The van der Waals surface area contributed by atoms with Crippen molar-refractivity contribution in [3.05, 3.63) is 65.7 Å². The molecule has 7 heteroatoms. The van der Waals surface area contributed by atoms with Gasteiger partial charge in [0.25, 0.3) is 0 Å². The van der Waals surface area contributed by atoms with Crippen LogP contribution >= 0.6 is 0 Å². The minimum atomic E-state index is -1.24. The molecule has 1 fully saturated rings. The van der Waals surface area contributed by atoms with E-state index in [1.165, 1.54) is 12.1 Å². The Morgan fingerprint density at radius 3 is 2.42 bits per heavy atom. The van der Waals surface area contributed by atoms with Gasteiger partial charge in [0.15, 0.2) is 0 Å². The van der Waals surface area contributed by atoms with Crippen LogP contribution in [-0.2, 0) is 10.3 Å². The lowest BCUT2D eigenvalue weighted by Gasteiger charge is -2.49. The zero-order chi connectivity index (χ0) is 24.0. The number of hydrogen-bond acceptors (Lipinski definition) is 5. The molecule has 1 saturated heterocycles. The average Bonchev–Trinajstić information content (AvgIpc) is 3.17. The van der Waals surface area contributed by atoms with Gasteiger partial charge in [0.2, 0.25) is 0 Å². The third kappa shape index (κ3) is 4.37. The molecule has 2 heterocycles. The third-order valence-corrected chi connectivity index (χ3v) is 5.87. The summed E-state index contributed by atoms with van der Waals surface area (Å²) in [6.45, 7) is 7.82. The van der Waals surface area contributed by atoms with Gasteiger partial charge < -0.3 is 14.6 Å². The van der Waals surface area contributed by atoms with Crippen molar-refractivity contribution in [1.82, 2.24) is 9.55 Å². The van der Waals surface area contributed by atoms with Crippen molar-refractivity contribution in [2.24, 2.45) is 0 Å². The van der Waals surface area contributed by atoms with Gasteiger partial charge in [-0.05, 0) is 58.0 Å². The van der Waals surface area contributed by atoms with Crippen LogP contribution in [0.4, 0.5) is 4.39 Å². The SMILES string of the molecule is COc1ccccc1-c1nc(C2(O)CC(C)(C)OC(C)(C)C2)cn1-c1ccc(F)c(C#N)c1. The van der Waals surface area contributed by atoms with Gasteiger partial charge in [-0.15, -0.1) is 0 Å². The number of hydrogen-bond donors (Lipinski definition) is 1. The highest BCUT2D eigenvalue weighted by atomic mass is 19.1. The van der Waals surface area contributed by atoms with Gasteiger partial charge in [-0.3, -0.25) is 4.57 Å². The molecule has 0 radical (unpaired) electrons. The number of rotatable bonds is 4. The van der Waals surface area contributed by atoms with Crippen LogP contribution in [0.25, 0.3) is 17.1 Å². The number of nitrogens with zero attached hydrogens (tertiary/aromatic N) is 3. The standard InChI is InChI=1S/C26H28FN3O3/c1-24(2)15-26(31,16-25(3,4)33-24)22-14-30(18-10-11-20(27)17(12-18)13-28)23(29-22)19-8-6-7-9-21(19)32-5/h6-12,14,31H,15-16H2,1-5H3. The molecule has 1 aliphatic heterocycles. The van der Waals surface area contributed by atoms with Gasteiger partial charge in [-0.25, -0.2) is 9.37 Å². The Hall–Kier alpha value is -3.21. The number of methoxy groups -OCH3 is 1. The Bertz CT molecular complexity index is 1220. The van der Waals surface area contributed by atoms with E-state index in [1.807, 2.05) is 58.0 Å². The number of ether oxygens (including phenoxy) is 2. The minimum Gasteiger partial charge on any atom is -0.496 e. The summed E-state index contributed by atoms with van der Waals surface area (Å²) in [7, 11) is 1.58. The highest BCUT2D eigenvalue weighted by Crippen LogP contribution is 2.47. The zero-order valence-electron chi connectivity index (χ0n) is 19.5. The van der Waals surface area contributed by atoms with Crippen molar-refractivity contribution in [2.75, 3.05) is 7.11 Å². The van der Waals surface area contributed by atoms with Crippen molar-refractivity contribution in [2.45, 2.75) is 57.3 Å². The highest BCUT2D eigenvalue weighted by molar-refractivity contribution is 5.67. The first-order valence-corrected chi connectivity index (χ1v) is 10.8. The topological polar surface area (TPSA) is 80.3 Å². The molecule has 1 aromatic heterocycles. The Morgan fingerprint density at radius 2 is 1.79 bits per heavy atom. The van der Waals surface area contributed by atoms with Gasteiger partial charge in [0.05, 0.1) is 35.1 Å². The zero-order valence-corrected chi connectivity index (χ0v) is 19.5. The first-order chi connectivity index (χ1) is 15.5. The Balaban J connectivity index is 1.94. The van der Waals surface area contributed by atoms with Gasteiger partial charge in [0.1, 0.15) is 29.1 Å². The summed E-state index contributed by atoms with van der Waals surface area (Å²) in [6.07, 6.45) is 2.48. The lowest BCUT2D eigenvalue weighted by molar-refractivity contribution is -0.224. The predicted octanol–water partition coefficient (Wildman–Crippen LogP) is 5.11. The van der Waals surface area contributed by atoms with Crippen LogP contribution in [0.3, 0.4) is 0 Å². The summed E-state index contributed by atoms with van der Waals surface area (Å²) in [4.78, 5) is 4.87. The van der Waals surface area contributed by atoms with Crippen LogP contribution in [0.15, 0.2) is 48.7 Å². The fourth-order valence-electron chi connectivity index (χ4n) is 5.04. The van der Waals surface area contributed by atoms with Crippen LogP contribution in [0, 0.1) is 17.1 Å². The molecule has 4 rings (SSSR count). The van der Waals surface area contributed by atoms with Crippen LogP contribution in [0.1, 0.15) is 51.8 Å². The maximum atomic E-state index is 14.0. The normalized spacial score (nSPS) is 18.5. The number of nitriles is 1. The van der Waals surface area contributed by atoms with Gasteiger partial charge in [-0.2, -0.15) is 5.26 Å². The summed E-state index contributed by atoms with van der Waals surface area (Å²) in [6, 6.07) is 13.6. The fourth-order valence-corrected chi connectivity index (χ4v) is 5.04. The quantitative estimate of drug-likeness (QED) is 0.598. The molecule has 0 spiro atoms. The number of aliphatic hydroxyl groups is 1. The van der Waals surface area contributed by atoms with E-state index in [0.29, 0.717) is 41.4 Å². The minimum absolute atomic E-state index is 0.0687. The molecule has 1 N–H and O–H groups in total. The molecular weight excluding hydrogens is 421 g/mol. The van der Waals surface area contributed by atoms with Crippen LogP contribution in [0.2, 0.25) is 0 Å². The molecule has 6 nitrogen and oxygen atoms in total. The maximum absolute atomic E-state index is 14.0. The lowest BCUT2D eigenvalue weighted by atomic mass is 9.76. The van der Waals surface area contributed by atoms with E-state index in [9.17, 15) is 14.8 Å². The molecule has 0 unspecified atom stereocenters. The van der Waals surface area contributed by atoms with Crippen LogP contribution in [0.5, 0.6) is 5.75 Å². The van der Waals surface area contributed by atoms with Gasteiger partial charge in [0, 0.05) is 24.7 Å². The largest absolute Gasteiger partial charge is 0.496 e. The van der Waals surface area contributed by atoms with Crippen molar-refractivity contribution in [3.63, 3.8) is 0 Å². The first-order valence-electron chi connectivity index (χ1n) is 10.8. The van der Waals surface area contributed by atoms with E-state index in [2.05, 4.69) is 0 Å². The Labute approximate surface area is 193 Å². The third-order valence-electron chi connectivity index (χ3n) is 5.87.